The third-order valence-corrected chi connectivity index (χ3v) is 2.07. The highest BCUT2D eigenvalue weighted by molar-refractivity contribution is 4.57. The lowest BCUT2D eigenvalue weighted by Crippen LogP contribution is -2.27. The van der Waals surface area contributed by atoms with Gasteiger partial charge in [0.15, 0.2) is 0 Å². The summed E-state index contributed by atoms with van der Waals surface area (Å²) >= 11 is 0. The van der Waals surface area contributed by atoms with Crippen LogP contribution in [-0.2, 0) is 9.47 Å². The van der Waals surface area contributed by atoms with Gasteiger partial charge in [0.1, 0.15) is 0 Å². The van der Waals surface area contributed by atoms with Crippen LogP contribution in [-0.4, -0.2) is 39.0 Å². The van der Waals surface area contributed by atoms with E-state index >= 15 is 0 Å². The van der Waals surface area contributed by atoms with E-state index in [0.29, 0.717) is 25.2 Å². The molecule has 0 saturated carbocycles. The summed E-state index contributed by atoms with van der Waals surface area (Å²) in [5, 5.41) is 3.35. The van der Waals surface area contributed by atoms with E-state index in [1.807, 2.05) is 0 Å². The van der Waals surface area contributed by atoms with Gasteiger partial charge in [-0.3, -0.25) is 0 Å². The first-order valence-corrected chi connectivity index (χ1v) is 6.05. The van der Waals surface area contributed by atoms with Gasteiger partial charge in [-0.05, 0) is 25.8 Å². The molecule has 0 aromatic rings. The topological polar surface area (TPSA) is 30.5 Å². The Kier molecular flexibility index (Phi) is 10.3. The van der Waals surface area contributed by atoms with Gasteiger partial charge in [0.25, 0.3) is 0 Å². The first-order chi connectivity index (χ1) is 7.16. The highest BCUT2D eigenvalue weighted by Crippen LogP contribution is 1.93. The van der Waals surface area contributed by atoms with Crippen LogP contribution < -0.4 is 5.32 Å². The Labute approximate surface area is 94.5 Å². The zero-order valence-corrected chi connectivity index (χ0v) is 10.7. The van der Waals surface area contributed by atoms with Crippen LogP contribution in [0.3, 0.4) is 0 Å². The summed E-state index contributed by atoms with van der Waals surface area (Å²) in [6.45, 7) is 12.7. The van der Waals surface area contributed by atoms with E-state index in [1.54, 1.807) is 0 Å². The average molecular weight is 217 g/mol. The van der Waals surface area contributed by atoms with Gasteiger partial charge in [-0.1, -0.05) is 20.8 Å². The van der Waals surface area contributed by atoms with Gasteiger partial charge in [-0.25, -0.2) is 0 Å². The van der Waals surface area contributed by atoms with Crippen molar-refractivity contribution in [2.75, 3.05) is 33.0 Å². The minimum Gasteiger partial charge on any atom is -0.379 e. The van der Waals surface area contributed by atoms with Crippen molar-refractivity contribution in [2.45, 2.75) is 40.2 Å². The molecule has 92 valence electrons. The third kappa shape index (κ3) is 11.8. The smallest absolute Gasteiger partial charge is 0.0700 e. The fraction of sp³-hybridized carbons (Fsp3) is 1.00. The first kappa shape index (κ1) is 14.9. The summed E-state index contributed by atoms with van der Waals surface area (Å²) in [6.07, 6.45) is 1.07. The second-order valence-corrected chi connectivity index (χ2v) is 4.33. The maximum Gasteiger partial charge on any atom is 0.0700 e. The summed E-state index contributed by atoms with van der Waals surface area (Å²) in [4.78, 5) is 0. The Balaban J connectivity index is 3.04. The number of hydrogen-bond donors (Lipinski definition) is 1. The molecular weight excluding hydrogens is 190 g/mol. The minimum atomic E-state index is 0.548. The fourth-order valence-electron chi connectivity index (χ4n) is 1.25. The summed E-state index contributed by atoms with van der Waals surface area (Å²) in [6, 6.07) is 0.548. The van der Waals surface area contributed by atoms with Crippen molar-refractivity contribution in [1.82, 2.24) is 5.32 Å². The number of hydrogen-bond acceptors (Lipinski definition) is 3. The van der Waals surface area contributed by atoms with Gasteiger partial charge in [-0.15, -0.1) is 0 Å². The van der Waals surface area contributed by atoms with Crippen molar-refractivity contribution in [3.63, 3.8) is 0 Å². The normalized spacial score (nSPS) is 13.4. The Morgan fingerprint density at radius 3 is 2.27 bits per heavy atom. The average Bonchev–Trinajstić information content (AvgIpc) is 2.16. The van der Waals surface area contributed by atoms with Crippen molar-refractivity contribution in [3.05, 3.63) is 0 Å². The quantitative estimate of drug-likeness (QED) is 0.568. The molecule has 0 bridgehead atoms. The van der Waals surface area contributed by atoms with Crippen LogP contribution in [0.15, 0.2) is 0 Å². The van der Waals surface area contributed by atoms with E-state index in [9.17, 15) is 0 Å². The Morgan fingerprint density at radius 2 is 1.67 bits per heavy atom. The molecule has 0 amide bonds. The highest BCUT2D eigenvalue weighted by Gasteiger charge is 1.99. The maximum absolute atomic E-state index is 5.47. The summed E-state index contributed by atoms with van der Waals surface area (Å²) in [5.41, 5.74) is 0. The van der Waals surface area contributed by atoms with E-state index in [4.69, 9.17) is 9.47 Å². The summed E-state index contributed by atoms with van der Waals surface area (Å²) in [7, 11) is 0. The lowest BCUT2D eigenvalue weighted by atomic mass is 10.2. The molecule has 1 atom stereocenters. The maximum atomic E-state index is 5.47. The van der Waals surface area contributed by atoms with E-state index in [1.165, 1.54) is 0 Å². The van der Waals surface area contributed by atoms with Crippen LogP contribution in [0.4, 0.5) is 0 Å². The van der Waals surface area contributed by atoms with Crippen molar-refractivity contribution in [3.8, 4) is 0 Å². The van der Waals surface area contributed by atoms with Gasteiger partial charge in [-0.2, -0.15) is 0 Å². The van der Waals surface area contributed by atoms with E-state index in [2.05, 4.69) is 33.0 Å². The SMILES string of the molecule is CCNC(C)CCOCCOCC(C)C. The molecule has 1 N–H and O–H groups in total. The molecule has 0 heterocycles. The number of rotatable bonds is 10. The molecule has 15 heavy (non-hydrogen) atoms. The largest absolute Gasteiger partial charge is 0.379 e. The van der Waals surface area contributed by atoms with Crippen LogP contribution in [0.2, 0.25) is 0 Å². The molecule has 0 spiro atoms. The molecule has 0 fully saturated rings. The summed E-state index contributed by atoms with van der Waals surface area (Å²) in [5.74, 6) is 0.610. The second kappa shape index (κ2) is 10.4. The van der Waals surface area contributed by atoms with Gasteiger partial charge >= 0.3 is 0 Å². The predicted octanol–water partition coefficient (Wildman–Crippen LogP) is 2.06. The van der Waals surface area contributed by atoms with Crippen molar-refractivity contribution >= 4 is 0 Å². The Bertz CT molecular complexity index is 129. The zero-order chi connectivity index (χ0) is 11.5. The predicted molar refractivity (Wildman–Crippen MR) is 64.2 cm³/mol. The van der Waals surface area contributed by atoms with Crippen LogP contribution in [0, 0.1) is 5.92 Å². The molecule has 3 nitrogen and oxygen atoms in total. The molecule has 0 aromatic carbocycles. The van der Waals surface area contributed by atoms with Gasteiger partial charge in [0.05, 0.1) is 13.2 Å². The number of ether oxygens (including phenoxy) is 2. The first-order valence-electron chi connectivity index (χ1n) is 6.05. The van der Waals surface area contributed by atoms with Crippen LogP contribution in [0.25, 0.3) is 0 Å². The van der Waals surface area contributed by atoms with Crippen LogP contribution in [0.5, 0.6) is 0 Å². The van der Waals surface area contributed by atoms with Crippen LogP contribution >= 0.6 is 0 Å². The Morgan fingerprint density at radius 1 is 1.00 bits per heavy atom. The lowest BCUT2D eigenvalue weighted by molar-refractivity contribution is 0.0354. The van der Waals surface area contributed by atoms with Gasteiger partial charge in [0.2, 0.25) is 0 Å². The summed E-state index contributed by atoms with van der Waals surface area (Å²) < 4.78 is 10.9. The molecule has 0 aliphatic rings. The number of nitrogens with one attached hydrogen (secondary N) is 1. The van der Waals surface area contributed by atoms with Gasteiger partial charge < -0.3 is 14.8 Å². The van der Waals surface area contributed by atoms with E-state index in [0.717, 1.165) is 26.2 Å². The molecule has 0 radical (unpaired) electrons. The monoisotopic (exact) mass is 217 g/mol. The molecule has 0 aliphatic heterocycles. The molecule has 0 rings (SSSR count). The third-order valence-electron chi connectivity index (χ3n) is 2.07. The zero-order valence-electron chi connectivity index (χ0n) is 10.7. The van der Waals surface area contributed by atoms with E-state index < -0.39 is 0 Å². The lowest BCUT2D eigenvalue weighted by Gasteiger charge is -2.12. The Hall–Kier alpha value is -0.120. The molecule has 0 aliphatic carbocycles. The molecule has 3 heteroatoms. The highest BCUT2D eigenvalue weighted by atomic mass is 16.5. The van der Waals surface area contributed by atoms with Gasteiger partial charge in [0, 0.05) is 19.3 Å². The molecule has 0 saturated heterocycles. The van der Waals surface area contributed by atoms with E-state index in [-0.39, 0.29) is 0 Å². The van der Waals surface area contributed by atoms with Crippen LogP contribution in [0.1, 0.15) is 34.1 Å². The van der Waals surface area contributed by atoms with Crippen molar-refractivity contribution in [2.24, 2.45) is 5.92 Å². The standard InChI is InChI=1S/C12H27NO2/c1-5-13-12(4)6-7-14-8-9-15-10-11(2)3/h11-13H,5-10H2,1-4H3. The molecule has 1 unspecified atom stereocenters. The fourth-order valence-corrected chi connectivity index (χ4v) is 1.25. The van der Waals surface area contributed by atoms with Crippen molar-refractivity contribution < 1.29 is 9.47 Å². The van der Waals surface area contributed by atoms with Crippen molar-refractivity contribution in [1.29, 1.82) is 0 Å². The molecular formula is C12H27NO2. The molecule has 0 aromatic heterocycles. The minimum absolute atomic E-state index is 0.548. The second-order valence-electron chi connectivity index (χ2n) is 4.33.